The maximum Gasteiger partial charge on any atom is 0.152 e. The number of anilines is 1. The normalized spacial score (nSPS) is 28.2. The highest BCUT2D eigenvalue weighted by Crippen LogP contribution is 2.34. The molecule has 1 fully saturated rings. The van der Waals surface area contributed by atoms with Gasteiger partial charge in [0.25, 0.3) is 0 Å². The van der Waals surface area contributed by atoms with E-state index in [0.717, 1.165) is 24.1 Å². The van der Waals surface area contributed by atoms with Gasteiger partial charge in [0, 0.05) is 28.9 Å². The van der Waals surface area contributed by atoms with E-state index in [2.05, 4.69) is 25.7 Å². The molecule has 3 unspecified atom stereocenters. The van der Waals surface area contributed by atoms with E-state index in [4.69, 9.17) is 11.6 Å². The van der Waals surface area contributed by atoms with E-state index in [-0.39, 0.29) is 0 Å². The molecule has 1 aromatic rings. The van der Waals surface area contributed by atoms with Crippen LogP contribution in [0.3, 0.4) is 0 Å². The lowest BCUT2D eigenvalue weighted by molar-refractivity contribution is 0.112. The summed E-state index contributed by atoms with van der Waals surface area (Å²) in [7, 11) is 0. The van der Waals surface area contributed by atoms with Crippen molar-refractivity contribution in [1.82, 2.24) is 0 Å². The summed E-state index contributed by atoms with van der Waals surface area (Å²) in [6.07, 6.45) is 2.16. The van der Waals surface area contributed by atoms with E-state index in [1.807, 2.05) is 6.07 Å². The fourth-order valence-electron chi connectivity index (χ4n) is 2.90. The number of rotatable bonds is 2. The molecule has 0 aliphatic carbocycles. The van der Waals surface area contributed by atoms with E-state index in [1.54, 1.807) is 12.1 Å². The molecule has 1 aliphatic heterocycles. The van der Waals surface area contributed by atoms with Gasteiger partial charge in [-0.2, -0.15) is 0 Å². The van der Waals surface area contributed by atoms with Crippen molar-refractivity contribution < 1.29 is 4.79 Å². The average Bonchev–Trinajstić information content (AvgIpc) is 2.33. The largest absolute Gasteiger partial charge is 0.368 e. The molecule has 3 atom stereocenters. The van der Waals surface area contributed by atoms with Crippen LogP contribution in [0.15, 0.2) is 18.2 Å². The van der Waals surface area contributed by atoms with E-state index in [0.29, 0.717) is 22.9 Å². The van der Waals surface area contributed by atoms with Crippen molar-refractivity contribution >= 4 is 23.6 Å². The molecule has 3 heteroatoms. The van der Waals surface area contributed by atoms with E-state index >= 15 is 0 Å². The molecule has 0 aromatic heterocycles. The Bertz CT molecular complexity index is 446. The van der Waals surface area contributed by atoms with Gasteiger partial charge in [0.2, 0.25) is 0 Å². The lowest BCUT2D eigenvalue weighted by Crippen LogP contribution is -2.46. The second-order valence-corrected chi connectivity index (χ2v) is 5.97. The first-order valence-corrected chi connectivity index (χ1v) is 6.92. The number of hydrogen-bond donors (Lipinski definition) is 0. The highest BCUT2D eigenvalue weighted by Gasteiger charge is 2.30. The van der Waals surface area contributed by atoms with Crippen LogP contribution in [0.2, 0.25) is 5.02 Å². The number of carbonyl (C=O) groups is 1. The van der Waals surface area contributed by atoms with Gasteiger partial charge in [-0.3, -0.25) is 4.79 Å². The summed E-state index contributed by atoms with van der Waals surface area (Å²) in [4.78, 5) is 13.5. The summed E-state index contributed by atoms with van der Waals surface area (Å²) in [5.74, 6) is 1.28. The van der Waals surface area contributed by atoms with Gasteiger partial charge in [0.05, 0.1) is 0 Å². The molecule has 0 saturated carbocycles. The molecular formula is C15H20ClNO. The summed E-state index contributed by atoms with van der Waals surface area (Å²) in [5, 5.41) is 0.689. The summed E-state index contributed by atoms with van der Waals surface area (Å²) in [6.45, 7) is 7.76. The Hall–Kier alpha value is -1.02. The molecular weight excluding hydrogens is 246 g/mol. The summed E-state index contributed by atoms with van der Waals surface area (Å²) in [6, 6.07) is 5.93. The molecule has 18 heavy (non-hydrogen) atoms. The standard InChI is InChI=1S/C15H20ClNO/c1-10-6-11(2)12(3)17(8-10)15-7-14(16)5-4-13(15)9-18/h4-5,7,9-12H,6,8H2,1-3H3. The van der Waals surface area contributed by atoms with Crippen molar-refractivity contribution in [2.24, 2.45) is 11.8 Å². The van der Waals surface area contributed by atoms with Gasteiger partial charge in [0.15, 0.2) is 6.29 Å². The Morgan fingerprint density at radius 3 is 2.72 bits per heavy atom. The average molecular weight is 266 g/mol. The Morgan fingerprint density at radius 2 is 2.06 bits per heavy atom. The Morgan fingerprint density at radius 1 is 1.33 bits per heavy atom. The van der Waals surface area contributed by atoms with Gasteiger partial charge in [-0.05, 0) is 43.4 Å². The molecule has 0 radical (unpaired) electrons. The molecule has 0 amide bonds. The Balaban J connectivity index is 2.40. The highest BCUT2D eigenvalue weighted by molar-refractivity contribution is 6.31. The number of nitrogens with zero attached hydrogens (tertiary/aromatic N) is 1. The van der Waals surface area contributed by atoms with Crippen LogP contribution in [0.5, 0.6) is 0 Å². The number of benzene rings is 1. The second-order valence-electron chi connectivity index (χ2n) is 5.53. The molecule has 0 spiro atoms. The molecule has 0 bridgehead atoms. The molecule has 2 rings (SSSR count). The first-order chi connectivity index (χ1) is 8.52. The number of hydrogen-bond acceptors (Lipinski definition) is 2. The lowest BCUT2D eigenvalue weighted by atomic mass is 9.85. The first-order valence-electron chi connectivity index (χ1n) is 6.54. The van der Waals surface area contributed by atoms with Crippen LogP contribution in [0.1, 0.15) is 37.6 Å². The van der Waals surface area contributed by atoms with Crippen LogP contribution in [0.4, 0.5) is 5.69 Å². The summed E-state index contributed by atoms with van der Waals surface area (Å²) in [5.41, 5.74) is 1.70. The van der Waals surface area contributed by atoms with Crippen LogP contribution in [-0.4, -0.2) is 18.9 Å². The monoisotopic (exact) mass is 265 g/mol. The number of aldehydes is 1. The molecule has 2 nitrogen and oxygen atoms in total. The third-order valence-corrected chi connectivity index (χ3v) is 4.26. The maximum atomic E-state index is 11.2. The third-order valence-electron chi connectivity index (χ3n) is 4.03. The van der Waals surface area contributed by atoms with Crippen LogP contribution < -0.4 is 4.90 Å². The minimum absolute atomic E-state index is 0.443. The molecule has 1 aromatic carbocycles. The van der Waals surface area contributed by atoms with Crippen molar-refractivity contribution in [3.8, 4) is 0 Å². The number of piperidine rings is 1. The zero-order chi connectivity index (χ0) is 13.3. The highest BCUT2D eigenvalue weighted by atomic mass is 35.5. The van der Waals surface area contributed by atoms with Crippen LogP contribution in [0, 0.1) is 11.8 Å². The minimum Gasteiger partial charge on any atom is -0.368 e. The van der Waals surface area contributed by atoms with Crippen LogP contribution >= 0.6 is 11.6 Å². The summed E-state index contributed by atoms with van der Waals surface area (Å²) < 4.78 is 0. The molecule has 0 N–H and O–H groups in total. The number of carbonyl (C=O) groups excluding carboxylic acids is 1. The first kappa shape index (κ1) is 13.4. The van der Waals surface area contributed by atoms with Gasteiger partial charge in [-0.25, -0.2) is 0 Å². The molecule has 1 saturated heterocycles. The zero-order valence-corrected chi connectivity index (χ0v) is 11.9. The smallest absolute Gasteiger partial charge is 0.152 e. The second kappa shape index (κ2) is 5.31. The van der Waals surface area contributed by atoms with E-state index in [1.165, 1.54) is 6.42 Å². The van der Waals surface area contributed by atoms with Gasteiger partial charge < -0.3 is 4.90 Å². The Kier molecular flexibility index (Phi) is 3.96. The van der Waals surface area contributed by atoms with Gasteiger partial charge >= 0.3 is 0 Å². The van der Waals surface area contributed by atoms with Crippen molar-refractivity contribution in [2.45, 2.75) is 33.2 Å². The Labute approximate surface area is 114 Å². The van der Waals surface area contributed by atoms with Crippen LogP contribution in [-0.2, 0) is 0 Å². The predicted octanol–water partition coefficient (Wildman–Crippen LogP) is 4.02. The SMILES string of the molecule is CC1CC(C)C(C)N(c2cc(Cl)ccc2C=O)C1. The topological polar surface area (TPSA) is 20.3 Å². The summed E-state index contributed by atoms with van der Waals surface area (Å²) >= 11 is 6.07. The lowest BCUT2D eigenvalue weighted by Gasteiger charge is -2.43. The predicted molar refractivity (Wildman–Crippen MR) is 76.6 cm³/mol. The molecule has 1 aliphatic rings. The quantitative estimate of drug-likeness (QED) is 0.753. The van der Waals surface area contributed by atoms with Crippen LogP contribution in [0.25, 0.3) is 0 Å². The molecule has 1 heterocycles. The van der Waals surface area contributed by atoms with E-state index < -0.39 is 0 Å². The fraction of sp³-hybridized carbons (Fsp3) is 0.533. The van der Waals surface area contributed by atoms with Crippen molar-refractivity contribution in [3.05, 3.63) is 28.8 Å². The van der Waals surface area contributed by atoms with Crippen molar-refractivity contribution in [1.29, 1.82) is 0 Å². The fourth-order valence-corrected chi connectivity index (χ4v) is 3.06. The molecule has 98 valence electrons. The maximum absolute atomic E-state index is 11.2. The van der Waals surface area contributed by atoms with Gasteiger partial charge in [0.1, 0.15) is 0 Å². The minimum atomic E-state index is 0.443. The van der Waals surface area contributed by atoms with Gasteiger partial charge in [-0.1, -0.05) is 25.4 Å². The van der Waals surface area contributed by atoms with Crippen molar-refractivity contribution in [3.63, 3.8) is 0 Å². The van der Waals surface area contributed by atoms with Crippen molar-refractivity contribution in [2.75, 3.05) is 11.4 Å². The van der Waals surface area contributed by atoms with Gasteiger partial charge in [-0.15, -0.1) is 0 Å². The van der Waals surface area contributed by atoms with E-state index in [9.17, 15) is 4.79 Å². The third kappa shape index (κ3) is 2.54. The zero-order valence-electron chi connectivity index (χ0n) is 11.2. The number of halogens is 1.